The van der Waals surface area contributed by atoms with E-state index in [9.17, 15) is 4.79 Å². The van der Waals surface area contributed by atoms with Crippen molar-refractivity contribution < 1.29 is 4.79 Å². The number of benzene rings is 2. The van der Waals surface area contributed by atoms with Gasteiger partial charge in [0.25, 0.3) is 0 Å². The van der Waals surface area contributed by atoms with Gasteiger partial charge in [0, 0.05) is 27.9 Å². The molecule has 1 aliphatic heterocycles. The predicted molar refractivity (Wildman–Crippen MR) is 103 cm³/mol. The van der Waals surface area contributed by atoms with Crippen molar-refractivity contribution in [2.45, 2.75) is 24.6 Å². The van der Waals surface area contributed by atoms with Crippen molar-refractivity contribution in [1.29, 1.82) is 0 Å². The van der Waals surface area contributed by atoms with E-state index in [0.717, 1.165) is 29.8 Å². The van der Waals surface area contributed by atoms with E-state index in [4.69, 9.17) is 23.2 Å². The summed E-state index contributed by atoms with van der Waals surface area (Å²) in [6.07, 6.45) is 0.783. The van der Waals surface area contributed by atoms with Crippen molar-refractivity contribution in [2.75, 3.05) is 12.3 Å². The van der Waals surface area contributed by atoms with E-state index < -0.39 is 0 Å². The molecule has 5 heteroatoms. The minimum absolute atomic E-state index is 0.0416. The van der Waals surface area contributed by atoms with Crippen LogP contribution in [0, 0.1) is 0 Å². The number of halogens is 2. The Morgan fingerprint density at radius 3 is 2.67 bits per heavy atom. The summed E-state index contributed by atoms with van der Waals surface area (Å²) in [5.41, 5.74) is 2.03. The lowest BCUT2D eigenvalue weighted by molar-refractivity contribution is -0.133. The average molecular weight is 380 g/mol. The van der Waals surface area contributed by atoms with Crippen molar-refractivity contribution in [3.8, 4) is 0 Å². The largest absolute Gasteiger partial charge is 0.325 e. The highest BCUT2D eigenvalue weighted by Gasteiger charge is 2.35. The molecule has 1 amide bonds. The molecule has 0 saturated carbocycles. The topological polar surface area (TPSA) is 20.3 Å². The van der Waals surface area contributed by atoms with Gasteiger partial charge in [-0.3, -0.25) is 4.79 Å². The number of rotatable bonds is 4. The smallest absolute Gasteiger partial charge is 0.231 e. The first kappa shape index (κ1) is 17.7. The quantitative estimate of drug-likeness (QED) is 0.672. The highest BCUT2D eigenvalue weighted by molar-refractivity contribution is 7.99. The van der Waals surface area contributed by atoms with Gasteiger partial charge < -0.3 is 4.90 Å². The van der Waals surface area contributed by atoms with Gasteiger partial charge in [-0.15, -0.1) is 11.8 Å². The summed E-state index contributed by atoms with van der Waals surface area (Å²) < 4.78 is 0. The van der Waals surface area contributed by atoms with E-state index in [1.807, 2.05) is 47.4 Å². The Bertz CT molecular complexity index is 723. The van der Waals surface area contributed by atoms with E-state index >= 15 is 0 Å². The van der Waals surface area contributed by atoms with E-state index in [-0.39, 0.29) is 17.2 Å². The van der Waals surface area contributed by atoms with Crippen LogP contribution in [0.4, 0.5) is 0 Å². The standard InChI is InChI=1S/C19H19Cl2NOS/c1-2-15(13-6-4-3-5-7-13)18(23)22-10-11-24-19(22)16-9-8-14(20)12-17(16)21/h3-9,12,15,19H,2,10-11H2,1H3/t15-,19+/m1/s1. The lowest BCUT2D eigenvalue weighted by Gasteiger charge is -2.28. The van der Waals surface area contributed by atoms with E-state index in [0.29, 0.717) is 10.0 Å². The third-order valence-corrected chi connectivity index (χ3v) is 6.12. The molecule has 0 N–H and O–H groups in total. The monoisotopic (exact) mass is 379 g/mol. The molecule has 1 aliphatic rings. The first-order chi connectivity index (χ1) is 11.6. The molecule has 3 rings (SSSR count). The Hall–Kier alpha value is -1.16. The number of thioether (sulfide) groups is 1. The number of nitrogens with zero attached hydrogens (tertiary/aromatic N) is 1. The summed E-state index contributed by atoms with van der Waals surface area (Å²) in [6, 6.07) is 15.5. The van der Waals surface area contributed by atoms with Crippen LogP contribution in [0.5, 0.6) is 0 Å². The third kappa shape index (κ3) is 3.58. The number of amides is 1. The Morgan fingerprint density at radius 1 is 1.25 bits per heavy atom. The van der Waals surface area contributed by atoms with E-state index in [1.54, 1.807) is 17.8 Å². The molecule has 24 heavy (non-hydrogen) atoms. The predicted octanol–water partition coefficient (Wildman–Crippen LogP) is 5.76. The normalized spacial score (nSPS) is 18.6. The van der Waals surface area contributed by atoms with Gasteiger partial charge in [0.2, 0.25) is 5.91 Å². The molecule has 126 valence electrons. The molecule has 0 spiro atoms. The molecule has 0 aromatic heterocycles. The fourth-order valence-electron chi connectivity index (χ4n) is 3.09. The van der Waals surface area contributed by atoms with Gasteiger partial charge in [0.1, 0.15) is 5.37 Å². The summed E-state index contributed by atoms with van der Waals surface area (Å²) in [4.78, 5) is 15.1. The molecule has 0 aliphatic carbocycles. The van der Waals surface area contributed by atoms with Crippen molar-refractivity contribution >= 4 is 40.9 Å². The molecule has 2 aromatic rings. The summed E-state index contributed by atoms with van der Waals surface area (Å²) in [5, 5.41) is 1.19. The Kier molecular flexibility index (Phi) is 5.75. The van der Waals surface area contributed by atoms with Crippen LogP contribution < -0.4 is 0 Å². The number of carbonyl (C=O) groups is 1. The zero-order valence-corrected chi connectivity index (χ0v) is 15.7. The summed E-state index contributed by atoms with van der Waals surface area (Å²) in [6.45, 7) is 2.81. The maximum absolute atomic E-state index is 13.2. The maximum atomic E-state index is 13.2. The summed E-state index contributed by atoms with van der Waals surface area (Å²) in [5.74, 6) is 0.976. The molecular formula is C19H19Cl2NOS. The van der Waals surface area contributed by atoms with Gasteiger partial charge in [-0.2, -0.15) is 0 Å². The molecule has 0 bridgehead atoms. The Labute approximate surface area is 157 Å². The van der Waals surface area contributed by atoms with Gasteiger partial charge in [-0.1, -0.05) is 66.5 Å². The molecule has 0 unspecified atom stereocenters. The van der Waals surface area contributed by atoms with E-state index in [2.05, 4.69) is 6.92 Å². The second kappa shape index (κ2) is 7.81. The van der Waals surface area contributed by atoms with Gasteiger partial charge in [0.05, 0.1) is 5.92 Å². The molecule has 0 radical (unpaired) electrons. The van der Waals surface area contributed by atoms with Crippen LogP contribution in [0.3, 0.4) is 0 Å². The first-order valence-electron chi connectivity index (χ1n) is 8.03. The molecule has 1 heterocycles. The van der Waals surface area contributed by atoms with Crippen LogP contribution in [-0.2, 0) is 4.79 Å². The lowest BCUT2D eigenvalue weighted by atomic mass is 9.95. The van der Waals surface area contributed by atoms with Gasteiger partial charge in [-0.25, -0.2) is 0 Å². The zero-order chi connectivity index (χ0) is 17.1. The van der Waals surface area contributed by atoms with Crippen LogP contribution >= 0.6 is 35.0 Å². The molecule has 1 fully saturated rings. The SMILES string of the molecule is CC[C@@H](C(=O)N1CCS[C@H]1c1ccc(Cl)cc1Cl)c1ccccc1. The van der Waals surface area contributed by atoms with Gasteiger partial charge >= 0.3 is 0 Å². The minimum atomic E-state index is -0.113. The van der Waals surface area contributed by atoms with Crippen LogP contribution in [0.2, 0.25) is 10.0 Å². The summed E-state index contributed by atoms with van der Waals surface area (Å²) >= 11 is 14.1. The van der Waals surface area contributed by atoms with Gasteiger partial charge in [0.15, 0.2) is 0 Å². The van der Waals surface area contributed by atoms with Crippen LogP contribution in [0.25, 0.3) is 0 Å². The van der Waals surface area contributed by atoms with Gasteiger partial charge in [-0.05, 0) is 24.1 Å². The molecule has 2 nitrogen and oxygen atoms in total. The molecule has 1 saturated heterocycles. The second-order valence-corrected chi connectivity index (χ2v) is 7.82. The highest BCUT2D eigenvalue weighted by atomic mass is 35.5. The summed E-state index contributed by atoms with van der Waals surface area (Å²) in [7, 11) is 0. The Balaban J connectivity index is 1.88. The van der Waals surface area contributed by atoms with E-state index in [1.165, 1.54) is 0 Å². The second-order valence-electron chi connectivity index (χ2n) is 5.79. The maximum Gasteiger partial charge on any atom is 0.231 e. The number of carbonyl (C=O) groups excluding carboxylic acids is 1. The first-order valence-corrected chi connectivity index (χ1v) is 9.84. The molecule has 2 atom stereocenters. The highest BCUT2D eigenvalue weighted by Crippen LogP contribution is 2.43. The third-order valence-electron chi connectivity index (χ3n) is 4.31. The van der Waals surface area contributed by atoms with Crippen LogP contribution in [0.15, 0.2) is 48.5 Å². The fraction of sp³-hybridized carbons (Fsp3) is 0.316. The lowest BCUT2D eigenvalue weighted by Crippen LogP contribution is -2.34. The number of hydrogen-bond donors (Lipinski definition) is 0. The molecular weight excluding hydrogens is 361 g/mol. The minimum Gasteiger partial charge on any atom is -0.325 e. The van der Waals surface area contributed by atoms with Crippen LogP contribution in [0.1, 0.15) is 35.8 Å². The average Bonchev–Trinajstić information content (AvgIpc) is 3.06. The van der Waals surface area contributed by atoms with Crippen LogP contribution in [-0.4, -0.2) is 23.1 Å². The number of hydrogen-bond acceptors (Lipinski definition) is 2. The Morgan fingerprint density at radius 2 is 2.00 bits per heavy atom. The van der Waals surface area contributed by atoms with Crippen molar-refractivity contribution in [3.63, 3.8) is 0 Å². The van der Waals surface area contributed by atoms with Crippen molar-refractivity contribution in [3.05, 3.63) is 69.7 Å². The van der Waals surface area contributed by atoms with Crippen molar-refractivity contribution in [2.24, 2.45) is 0 Å². The molecule has 2 aromatic carbocycles. The van der Waals surface area contributed by atoms with Crippen molar-refractivity contribution in [1.82, 2.24) is 4.90 Å². The zero-order valence-electron chi connectivity index (χ0n) is 13.4. The fourth-order valence-corrected chi connectivity index (χ4v) is 4.97.